The molecule has 0 amide bonds. The molecular formula is C12H20O2. The van der Waals surface area contributed by atoms with Crippen LogP contribution in [0.3, 0.4) is 0 Å². The monoisotopic (exact) mass is 196 g/mol. The Balaban J connectivity index is 1.86. The third-order valence-corrected chi connectivity index (χ3v) is 3.46. The molecule has 2 aliphatic heterocycles. The van der Waals surface area contributed by atoms with Crippen molar-refractivity contribution >= 4 is 0 Å². The Morgan fingerprint density at radius 2 is 2.00 bits per heavy atom. The third kappa shape index (κ3) is 2.18. The van der Waals surface area contributed by atoms with Gasteiger partial charge in [-0.2, -0.15) is 0 Å². The molecule has 1 N–H and O–H groups in total. The van der Waals surface area contributed by atoms with Gasteiger partial charge >= 0.3 is 0 Å². The lowest BCUT2D eigenvalue weighted by atomic mass is 9.85. The van der Waals surface area contributed by atoms with E-state index in [4.69, 9.17) is 4.74 Å². The number of rotatable bonds is 4. The van der Waals surface area contributed by atoms with Crippen molar-refractivity contribution in [2.45, 2.75) is 62.8 Å². The minimum atomic E-state index is -0.437. The summed E-state index contributed by atoms with van der Waals surface area (Å²) in [6.07, 6.45) is 9.57. The molecule has 14 heavy (non-hydrogen) atoms. The van der Waals surface area contributed by atoms with Crippen LogP contribution in [0.2, 0.25) is 0 Å². The molecule has 0 spiro atoms. The Labute approximate surface area is 86.0 Å². The summed E-state index contributed by atoms with van der Waals surface area (Å²) in [5, 5.41) is 10.4. The number of hydrogen-bond donors (Lipinski definition) is 1. The zero-order valence-corrected chi connectivity index (χ0v) is 8.74. The fourth-order valence-electron chi connectivity index (χ4n) is 2.79. The maximum absolute atomic E-state index is 10.4. The molecule has 2 heterocycles. The van der Waals surface area contributed by atoms with Crippen LogP contribution in [0.4, 0.5) is 0 Å². The van der Waals surface area contributed by atoms with Crippen molar-refractivity contribution in [2.75, 3.05) is 0 Å². The van der Waals surface area contributed by atoms with Crippen LogP contribution in [0, 0.1) is 0 Å². The average molecular weight is 196 g/mol. The molecule has 0 aromatic heterocycles. The van der Waals surface area contributed by atoms with E-state index in [1.807, 2.05) is 6.08 Å². The molecule has 2 fully saturated rings. The maximum atomic E-state index is 10.4. The molecule has 2 atom stereocenters. The number of aliphatic hydroxyl groups is 1. The van der Waals surface area contributed by atoms with Crippen molar-refractivity contribution in [3.63, 3.8) is 0 Å². The molecule has 0 aliphatic carbocycles. The predicted molar refractivity (Wildman–Crippen MR) is 56.1 cm³/mol. The molecule has 2 rings (SSSR count). The minimum absolute atomic E-state index is 0.336. The van der Waals surface area contributed by atoms with Gasteiger partial charge in [0.15, 0.2) is 0 Å². The summed E-state index contributed by atoms with van der Waals surface area (Å²) in [5.74, 6) is 0. The number of ether oxygens (including phenoxy) is 1. The van der Waals surface area contributed by atoms with Crippen molar-refractivity contribution in [2.24, 2.45) is 0 Å². The van der Waals surface area contributed by atoms with Crippen molar-refractivity contribution in [1.82, 2.24) is 0 Å². The summed E-state index contributed by atoms with van der Waals surface area (Å²) in [4.78, 5) is 0. The second-order valence-electron chi connectivity index (χ2n) is 4.77. The van der Waals surface area contributed by atoms with Gasteiger partial charge in [0, 0.05) is 12.8 Å². The highest BCUT2D eigenvalue weighted by Gasteiger charge is 2.42. The van der Waals surface area contributed by atoms with E-state index in [1.165, 1.54) is 0 Å². The summed E-state index contributed by atoms with van der Waals surface area (Å²) in [6.45, 7) is 3.70. The van der Waals surface area contributed by atoms with Gasteiger partial charge in [-0.25, -0.2) is 0 Å². The van der Waals surface area contributed by atoms with E-state index in [0.29, 0.717) is 12.2 Å². The smallest absolute Gasteiger partial charge is 0.0697 e. The Morgan fingerprint density at radius 3 is 2.57 bits per heavy atom. The molecule has 2 bridgehead atoms. The van der Waals surface area contributed by atoms with Crippen LogP contribution in [-0.2, 0) is 4.74 Å². The minimum Gasteiger partial charge on any atom is -0.390 e. The standard InChI is InChI=1S/C12H20O2/c1-2-3-4-7-12(13)8-10-5-6-11(9-12)14-10/h2,10-11,13H,1,3-9H2. The fourth-order valence-corrected chi connectivity index (χ4v) is 2.79. The van der Waals surface area contributed by atoms with Crippen LogP contribution in [0.15, 0.2) is 12.7 Å². The van der Waals surface area contributed by atoms with Crippen LogP contribution >= 0.6 is 0 Å². The lowest BCUT2D eigenvalue weighted by Crippen LogP contribution is -2.40. The van der Waals surface area contributed by atoms with Gasteiger partial charge in [0.2, 0.25) is 0 Å². The topological polar surface area (TPSA) is 29.5 Å². The highest BCUT2D eigenvalue weighted by Crippen LogP contribution is 2.40. The van der Waals surface area contributed by atoms with Crippen molar-refractivity contribution in [1.29, 1.82) is 0 Å². The lowest BCUT2D eigenvalue weighted by Gasteiger charge is -2.36. The molecule has 2 heteroatoms. The Kier molecular flexibility index (Phi) is 2.93. The lowest BCUT2D eigenvalue weighted by molar-refractivity contribution is -0.114. The molecule has 0 aromatic carbocycles. The Bertz CT molecular complexity index is 200. The fraction of sp³-hybridized carbons (Fsp3) is 0.833. The van der Waals surface area contributed by atoms with Crippen molar-refractivity contribution in [3.8, 4) is 0 Å². The molecule has 0 aromatic rings. The molecule has 2 aliphatic rings. The van der Waals surface area contributed by atoms with E-state index in [0.717, 1.165) is 44.9 Å². The van der Waals surface area contributed by atoms with Gasteiger partial charge < -0.3 is 9.84 Å². The van der Waals surface area contributed by atoms with Gasteiger partial charge in [0.1, 0.15) is 0 Å². The van der Waals surface area contributed by atoms with E-state index in [1.54, 1.807) is 0 Å². The Morgan fingerprint density at radius 1 is 1.36 bits per heavy atom. The van der Waals surface area contributed by atoms with Crippen LogP contribution in [0.1, 0.15) is 44.9 Å². The largest absolute Gasteiger partial charge is 0.390 e. The molecule has 0 saturated carbocycles. The quantitative estimate of drug-likeness (QED) is 0.552. The van der Waals surface area contributed by atoms with E-state index < -0.39 is 5.60 Å². The summed E-state index contributed by atoms with van der Waals surface area (Å²) in [7, 11) is 0. The molecule has 0 radical (unpaired) electrons. The van der Waals surface area contributed by atoms with Gasteiger partial charge in [0.05, 0.1) is 17.8 Å². The normalized spacial score (nSPS) is 41.2. The average Bonchev–Trinajstić information content (AvgIpc) is 2.46. The molecule has 80 valence electrons. The zero-order valence-electron chi connectivity index (χ0n) is 8.74. The molecule has 2 saturated heterocycles. The van der Waals surface area contributed by atoms with Gasteiger partial charge in [0.25, 0.3) is 0 Å². The van der Waals surface area contributed by atoms with Gasteiger partial charge in [-0.15, -0.1) is 6.58 Å². The van der Waals surface area contributed by atoms with E-state index in [9.17, 15) is 5.11 Å². The number of allylic oxidation sites excluding steroid dienone is 1. The van der Waals surface area contributed by atoms with Crippen molar-refractivity contribution < 1.29 is 9.84 Å². The highest BCUT2D eigenvalue weighted by molar-refractivity contribution is 4.94. The second-order valence-corrected chi connectivity index (χ2v) is 4.77. The van der Waals surface area contributed by atoms with Gasteiger partial charge in [-0.1, -0.05) is 6.08 Å². The second kappa shape index (κ2) is 4.03. The van der Waals surface area contributed by atoms with E-state index >= 15 is 0 Å². The third-order valence-electron chi connectivity index (χ3n) is 3.46. The van der Waals surface area contributed by atoms with Gasteiger partial charge in [-0.05, 0) is 32.1 Å². The maximum Gasteiger partial charge on any atom is 0.0697 e. The predicted octanol–water partition coefficient (Wildman–Crippen LogP) is 2.42. The van der Waals surface area contributed by atoms with Crippen LogP contribution in [0.25, 0.3) is 0 Å². The highest BCUT2D eigenvalue weighted by atomic mass is 16.5. The first-order valence-electron chi connectivity index (χ1n) is 5.71. The van der Waals surface area contributed by atoms with Crippen molar-refractivity contribution in [3.05, 3.63) is 12.7 Å². The zero-order chi connectivity index (χ0) is 10.0. The number of hydrogen-bond acceptors (Lipinski definition) is 2. The van der Waals surface area contributed by atoms with Crippen LogP contribution in [-0.4, -0.2) is 22.9 Å². The summed E-state index contributed by atoms with van der Waals surface area (Å²) < 4.78 is 5.72. The van der Waals surface area contributed by atoms with E-state index in [2.05, 4.69) is 6.58 Å². The summed E-state index contributed by atoms with van der Waals surface area (Å²) in [5.41, 5.74) is -0.437. The molecule has 2 nitrogen and oxygen atoms in total. The van der Waals surface area contributed by atoms with Gasteiger partial charge in [-0.3, -0.25) is 0 Å². The Hall–Kier alpha value is -0.340. The number of unbranched alkanes of at least 4 members (excludes halogenated alkanes) is 1. The summed E-state index contributed by atoms with van der Waals surface area (Å²) >= 11 is 0. The SMILES string of the molecule is C=CCCCC1(O)CC2CCC(C1)O2. The van der Waals surface area contributed by atoms with E-state index in [-0.39, 0.29) is 0 Å². The first-order chi connectivity index (χ1) is 6.72. The van der Waals surface area contributed by atoms with Crippen LogP contribution in [0.5, 0.6) is 0 Å². The molecular weight excluding hydrogens is 176 g/mol. The first-order valence-corrected chi connectivity index (χ1v) is 5.71. The summed E-state index contributed by atoms with van der Waals surface area (Å²) in [6, 6.07) is 0. The van der Waals surface area contributed by atoms with Crippen LogP contribution < -0.4 is 0 Å². The molecule has 2 unspecified atom stereocenters. The number of fused-ring (bicyclic) bond motifs is 2. The first kappa shape index (κ1) is 10.2.